The standard InChI is InChI=1S/C15H22N2O/c1-13-11-16(2)9-6-10-17(13)12-15(18)14-7-4-3-5-8-14/h3-5,7-8,13H,6,9-12H2,1-2H3. The molecule has 0 aromatic heterocycles. The van der Waals surface area contributed by atoms with E-state index in [1.807, 2.05) is 30.3 Å². The van der Waals surface area contributed by atoms with Crippen LogP contribution in [0.25, 0.3) is 0 Å². The average Bonchev–Trinajstić information content (AvgIpc) is 2.52. The van der Waals surface area contributed by atoms with E-state index in [0.717, 1.165) is 31.6 Å². The van der Waals surface area contributed by atoms with E-state index in [0.29, 0.717) is 12.6 Å². The Morgan fingerprint density at radius 1 is 1.28 bits per heavy atom. The second-order valence-electron chi connectivity index (χ2n) is 5.22. The molecule has 2 rings (SSSR count). The van der Waals surface area contributed by atoms with Crippen LogP contribution in [-0.4, -0.2) is 54.9 Å². The van der Waals surface area contributed by atoms with Crippen molar-refractivity contribution in [3.63, 3.8) is 0 Å². The van der Waals surface area contributed by atoms with Gasteiger partial charge in [-0.15, -0.1) is 0 Å². The summed E-state index contributed by atoms with van der Waals surface area (Å²) in [4.78, 5) is 16.8. The Morgan fingerprint density at radius 3 is 2.72 bits per heavy atom. The molecule has 0 radical (unpaired) electrons. The number of likely N-dealkylation sites (N-methyl/N-ethyl adjacent to an activating group) is 1. The van der Waals surface area contributed by atoms with Gasteiger partial charge in [-0.3, -0.25) is 9.69 Å². The number of hydrogen-bond donors (Lipinski definition) is 0. The van der Waals surface area contributed by atoms with Gasteiger partial charge >= 0.3 is 0 Å². The molecule has 1 aromatic rings. The van der Waals surface area contributed by atoms with Gasteiger partial charge in [0.15, 0.2) is 5.78 Å². The fraction of sp³-hybridized carbons (Fsp3) is 0.533. The van der Waals surface area contributed by atoms with Crippen molar-refractivity contribution in [1.82, 2.24) is 9.80 Å². The molecular formula is C15H22N2O. The number of benzene rings is 1. The Morgan fingerprint density at radius 2 is 2.00 bits per heavy atom. The molecule has 1 aliphatic heterocycles. The predicted molar refractivity (Wildman–Crippen MR) is 73.9 cm³/mol. The van der Waals surface area contributed by atoms with Crippen molar-refractivity contribution in [2.75, 3.05) is 33.2 Å². The number of rotatable bonds is 3. The molecule has 0 amide bonds. The normalized spacial score (nSPS) is 22.7. The van der Waals surface area contributed by atoms with Crippen molar-refractivity contribution in [2.45, 2.75) is 19.4 Å². The Kier molecular flexibility index (Phi) is 4.50. The van der Waals surface area contributed by atoms with Gasteiger partial charge in [-0.05, 0) is 26.9 Å². The van der Waals surface area contributed by atoms with Crippen LogP contribution in [0, 0.1) is 0 Å². The Labute approximate surface area is 109 Å². The van der Waals surface area contributed by atoms with Crippen molar-refractivity contribution in [3.05, 3.63) is 35.9 Å². The van der Waals surface area contributed by atoms with Gasteiger partial charge in [-0.1, -0.05) is 30.3 Å². The average molecular weight is 246 g/mol. The van der Waals surface area contributed by atoms with E-state index in [1.54, 1.807) is 0 Å². The molecule has 1 atom stereocenters. The third-order valence-corrected chi connectivity index (χ3v) is 3.63. The zero-order valence-corrected chi connectivity index (χ0v) is 11.3. The predicted octanol–water partition coefficient (Wildman–Crippen LogP) is 1.90. The number of carbonyl (C=O) groups is 1. The maximum absolute atomic E-state index is 12.2. The molecule has 3 heteroatoms. The second kappa shape index (κ2) is 6.12. The number of carbonyl (C=O) groups excluding carboxylic acids is 1. The molecule has 0 aliphatic carbocycles. The first-order valence-electron chi connectivity index (χ1n) is 6.67. The van der Waals surface area contributed by atoms with Crippen molar-refractivity contribution >= 4 is 5.78 Å². The summed E-state index contributed by atoms with van der Waals surface area (Å²) in [6.45, 7) is 5.94. The Bertz CT molecular complexity index is 391. The van der Waals surface area contributed by atoms with Gasteiger partial charge in [0.2, 0.25) is 0 Å². The molecular weight excluding hydrogens is 224 g/mol. The fourth-order valence-electron chi connectivity index (χ4n) is 2.56. The summed E-state index contributed by atoms with van der Waals surface area (Å²) in [6.07, 6.45) is 1.14. The third kappa shape index (κ3) is 3.40. The van der Waals surface area contributed by atoms with Crippen LogP contribution in [-0.2, 0) is 0 Å². The smallest absolute Gasteiger partial charge is 0.176 e. The van der Waals surface area contributed by atoms with Crippen LogP contribution in [0.5, 0.6) is 0 Å². The van der Waals surface area contributed by atoms with Crippen LogP contribution in [0.2, 0.25) is 0 Å². The summed E-state index contributed by atoms with van der Waals surface area (Å²) in [5.41, 5.74) is 0.822. The van der Waals surface area contributed by atoms with Gasteiger partial charge in [0.25, 0.3) is 0 Å². The van der Waals surface area contributed by atoms with Crippen molar-refractivity contribution in [2.24, 2.45) is 0 Å². The van der Waals surface area contributed by atoms with Gasteiger partial charge < -0.3 is 4.90 Å². The molecule has 0 bridgehead atoms. The number of ketones is 1. The monoisotopic (exact) mass is 246 g/mol. The highest BCUT2D eigenvalue weighted by atomic mass is 16.1. The Hall–Kier alpha value is -1.19. The molecule has 3 nitrogen and oxygen atoms in total. The molecule has 1 heterocycles. The lowest BCUT2D eigenvalue weighted by Crippen LogP contribution is -2.40. The van der Waals surface area contributed by atoms with Crippen LogP contribution in [0.4, 0.5) is 0 Å². The van der Waals surface area contributed by atoms with E-state index in [4.69, 9.17) is 0 Å². The lowest BCUT2D eigenvalue weighted by molar-refractivity contribution is 0.0900. The lowest BCUT2D eigenvalue weighted by atomic mass is 10.1. The molecule has 1 unspecified atom stereocenters. The van der Waals surface area contributed by atoms with Crippen LogP contribution >= 0.6 is 0 Å². The fourth-order valence-corrected chi connectivity index (χ4v) is 2.56. The zero-order chi connectivity index (χ0) is 13.0. The molecule has 1 fully saturated rings. The van der Waals surface area contributed by atoms with Crippen LogP contribution in [0.3, 0.4) is 0 Å². The van der Waals surface area contributed by atoms with Crippen molar-refractivity contribution in [1.29, 1.82) is 0 Å². The summed E-state index contributed by atoms with van der Waals surface area (Å²) < 4.78 is 0. The maximum Gasteiger partial charge on any atom is 0.176 e. The zero-order valence-electron chi connectivity index (χ0n) is 11.3. The molecule has 0 N–H and O–H groups in total. The van der Waals surface area contributed by atoms with E-state index in [-0.39, 0.29) is 5.78 Å². The molecule has 0 saturated carbocycles. The summed E-state index contributed by atoms with van der Waals surface area (Å²) in [6, 6.07) is 10.0. The highest BCUT2D eigenvalue weighted by Crippen LogP contribution is 2.10. The van der Waals surface area contributed by atoms with E-state index >= 15 is 0 Å². The molecule has 1 aliphatic rings. The van der Waals surface area contributed by atoms with Crippen LogP contribution in [0.1, 0.15) is 23.7 Å². The number of Topliss-reactive ketones (excluding diaryl/α,β-unsaturated/α-hetero) is 1. The first kappa shape index (κ1) is 13.2. The minimum absolute atomic E-state index is 0.229. The van der Waals surface area contributed by atoms with E-state index in [2.05, 4.69) is 23.8 Å². The first-order valence-corrected chi connectivity index (χ1v) is 6.67. The topological polar surface area (TPSA) is 23.6 Å². The highest BCUT2D eigenvalue weighted by molar-refractivity contribution is 5.97. The minimum Gasteiger partial charge on any atom is -0.305 e. The van der Waals surface area contributed by atoms with Gasteiger partial charge in [0.1, 0.15) is 0 Å². The summed E-state index contributed by atoms with van der Waals surface area (Å²) in [5.74, 6) is 0.229. The molecule has 98 valence electrons. The largest absolute Gasteiger partial charge is 0.305 e. The van der Waals surface area contributed by atoms with Crippen molar-refractivity contribution in [3.8, 4) is 0 Å². The molecule has 1 saturated heterocycles. The number of nitrogens with zero attached hydrogens (tertiary/aromatic N) is 2. The minimum atomic E-state index is 0.229. The van der Waals surface area contributed by atoms with Gasteiger partial charge in [-0.2, -0.15) is 0 Å². The lowest BCUT2D eigenvalue weighted by Gasteiger charge is -2.27. The molecule has 1 aromatic carbocycles. The number of hydrogen-bond acceptors (Lipinski definition) is 3. The highest BCUT2D eigenvalue weighted by Gasteiger charge is 2.21. The van der Waals surface area contributed by atoms with E-state index in [9.17, 15) is 4.79 Å². The summed E-state index contributed by atoms with van der Waals surface area (Å²) >= 11 is 0. The van der Waals surface area contributed by atoms with Gasteiger partial charge in [0.05, 0.1) is 6.54 Å². The second-order valence-corrected chi connectivity index (χ2v) is 5.22. The van der Waals surface area contributed by atoms with Crippen LogP contribution in [0.15, 0.2) is 30.3 Å². The first-order chi connectivity index (χ1) is 8.66. The van der Waals surface area contributed by atoms with Gasteiger partial charge in [0, 0.05) is 24.7 Å². The molecule has 18 heavy (non-hydrogen) atoms. The van der Waals surface area contributed by atoms with Crippen LogP contribution < -0.4 is 0 Å². The van der Waals surface area contributed by atoms with Crippen molar-refractivity contribution < 1.29 is 4.79 Å². The molecule has 0 spiro atoms. The third-order valence-electron chi connectivity index (χ3n) is 3.63. The Balaban J connectivity index is 1.98. The quantitative estimate of drug-likeness (QED) is 0.761. The van der Waals surface area contributed by atoms with E-state index < -0.39 is 0 Å². The summed E-state index contributed by atoms with van der Waals surface area (Å²) in [5, 5.41) is 0. The summed E-state index contributed by atoms with van der Waals surface area (Å²) in [7, 11) is 2.15. The SMILES string of the molecule is CC1CN(C)CCCN1CC(=O)c1ccccc1. The van der Waals surface area contributed by atoms with E-state index in [1.165, 1.54) is 0 Å². The van der Waals surface area contributed by atoms with Gasteiger partial charge in [-0.25, -0.2) is 0 Å². The maximum atomic E-state index is 12.2.